The van der Waals surface area contributed by atoms with E-state index in [1.54, 1.807) is 0 Å². The van der Waals surface area contributed by atoms with Gasteiger partial charge in [-0.1, -0.05) is 34.1 Å². The number of benzene rings is 1. The van der Waals surface area contributed by atoms with E-state index in [0.29, 0.717) is 22.4 Å². The maximum atomic E-state index is 15.0. The molecule has 31 heavy (non-hydrogen) atoms. The highest BCUT2D eigenvalue weighted by atomic mass is 19.1. The molecule has 0 unspecified atom stereocenters. The minimum atomic E-state index is -0.414. The lowest BCUT2D eigenvalue weighted by atomic mass is 9.86. The molecule has 4 rings (SSSR count). The van der Waals surface area contributed by atoms with Crippen LogP contribution in [0.25, 0.3) is 10.9 Å². The number of ether oxygens (including phenoxy) is 1. The van der Waals surface area contributed by atoms with Gasteiger partial charge in [-0.05, 0) is 56.2 Å². The number of halogens is 1. The number of esters is 1. The van der Waals surface area contributed by atoms with E-state index in [2.05, 4.69) is 17.0 Å². The number of carbonyl (C=O) groups is 1. The van der Waals surface area contributed by atoms with Gasteiger partial charge in [0, 0.05) is 23.2 Å². The molecule has 3 heterocycles. The fourth-order valence-corrected chi connectivity index (χ4v) is 4.25. The Balaban J connectivity index is 1.86. The number of rotatable bonds is 4. The third-order valence-electron chi connectivity index (χ3n) is 6.14. The maximum Gasteiger partial charge on any atom is 0.347 e. The average Bonchev–Trinajstić information content (AvgIpc) is 3.26. The first kappa shape index (κ1) is 21.5. The van der Waals surface area contributed by atoms with Crippen molar-refractivity contribution in [3.05, 3.63) is 51.7 Å². The highest BCUT2D eigenvalue weighted by molar-refractivity contribution is 5.97. The molecular weight excluding hydrogens is 393 g/mol. The standard InChI is InChI=1S/C25H30FN3O2/c1-7-9-19-21(20-10-8-11-29(20)28-19)24(30)31-23-14(2)15(3)27-22-17(23)12-16(13-18(22)26)25(4,5)6/h12-13H,7-11H2,1-6H3. The van der Waals surface area contributed by atoms with Gasteiger partial charge in [0.1, 0.15) is 22.6 Å². The van der Waals surface area contributed by atoms with Gasteiger partial charge in [0.25, 0.3) is 0 Å². The van der Waals surface area contributed by atoms with Crippen molar-refractivity contribution in [2.75, 3.05) is 0 Å². The minimum absolute atomic E-state index is 0.230. The summed E-state index contributed by atoms with van der Waals surface area (Å²) in [6, 6.07) is 3.43. The summed E-state index contributed by atoms with van der Waals surface area (Å²) in [7, 11) is 0. The van der Waals surface area contributed by atoms with Gasteiger partial charge < -0.3 is 4.74 Å². The summed E-state index contributed by atoms with van der Waals surface area (Å²) in [5.74, 6) is -0.429. The first-order valence-corrected chi connectivity index (χ1v) is 11.0. The summed E-state index contributed by atoms with van der Waals surface area (Å²) < 4.78 is 23.0. The van der Waals surface area contributed by atoms with Crippen molar-refractivity contribution in [1.82, 2.24) is 14.8 Å². The molecule has 2 aromatic heterocycles. The first-order valence-electron chi connectivity index (χ1n) is 11.0. The van der Waals surface area contributed by atoms with Crippen LogP contribution in [0.4, 0.5) is 4.39 Å². The Morgan fingerprint density at radius 2 is 2.00 bits per heavy atom. The van der Waals surface area contributed by atoms with E-state index in [9.17, 15) is 4.79 Å². The quantitative estimate of drug-likeness (QED) is 0.512. The Hall–Kier alpha value is -2.76. The van der Waals surface area contributed by atoms with E-state index in [1.807, 2.05) is 45.4 Å². The van der Waals surface area contributed by atoms with Crippen LogP contribution in [0, 0.1) is 19.7 Å². The molecule has 0 bridgehead atoms. The second-order valence-corrected chi connectivity index (χ2v) is 9.49. The number of hydrogen-bond acceptors (Lipinski definition) is 4. The van der Waals surface area contributed by atoms with Gasteiger partial charge in [-0.15, -0.1) is 0 Å². The minimum Gasteiger partial charge on any atom is -0.422 e. The number of fused-ring (bicyclic) bond motifs is 2. The molecule has 0 saturated heterocycles. The van der Waals surface area contributed by atoms with Crippen molar-refractivity contribution < 1.29 is 13.9 Å². The molecule has 1 aliphatic heterocycles. The van der Waals surface area contributed by atoms with E-state index < -0.39 is 11.8 Å². The van der Waals surface area contributed by atoms with E-state index in [1.165, 1.54) is 6.07 Å². The lowest BCUT2D eigenvalue weighted by Gasteiger charge is -2.21. The van der Waals surface area contributed by atoms with Crippen molar-refractivity contribution >= 4 is 16.9 Å². The van der Waals surface area contributed by atoms with E-state index in [0.717, 1.165) is 54.7 Å². The van der Waals surface area contributed by atoms with Gasteiger partial charge in [-0.25, -0.2) is 14.2 Å². The highest BCUT2D eigenvalue weighted by Crippen LogP contribution is 2.36. The number of hydrogen-bond donors (Lipinski definition) is 0. The first-order chi connectivity index (χ1) is 14.6. The number of aromatic nitrogens is 3. The van der Waals surface area contributed by atoms with Crippen LogP contribution in [-0.2, 0) is 24.8 Å². The lowest BCUT2D eigenvalue weighted by molar-refractivity contribution is 0.0733. The van der Waals surface area contributed by atoms with Crippen molar-refractivity contribution in [2.45, 2.75) is 79.2 Å². The normalized spacial score (nSPS) is 13.6. The molecule has 0 atom stereocenters. The molecule has 6 heteroatoms. The molecule has 0 aliphatic carbocycles. The molecule has 164 valence electrons. The van der Waals surface area contributed by atoms with Crippen LogP contribution < -0.4 is 4.74 Å². The molecule has 0 N–H and O–H groups in total. The van der Waals surface area contributed by atoms with Gasteiger partial charge >= 0.3 is 5.97 Å². The van der Waals surface area contributed by atoms with Crippen molar-refractivity contribution in [3.8, 4) is 5.75 Å². The number of aryl methyl sites for hydroxylation is 3. The monoisotopic (exact) mass is 423 g/mol. The molecule has 0 spiro atoms. The summed E-state index contributed by atoms with van der Waals surface area (Å²) >= 11 is 0. The summed E-state index contributed by atoms with van der Waals surface area (Å²) in [6.07, 6.45) is 3.42. The summed E-state index contributed by atoms with van der Waals surface area (Å²) in [5.41, 5.74) is 4.51. The summed E-state index contributed by atoms with van der Waals surface area (Å²) in [6.45, 7) is 12.7. The molecule has 5 nitrogen and oxygen atoms in total. The number of carbonyl (C=O) groups excluding carboxylic acids is 1. The summed E-state index contributed by atoms with van der Waals surface area (Å²) in [4.78, 5) is 17.9. The van der Waals surface area contributed by atoms with Crippen LogP contribution in [0.1, 0.15) is 79.1 Å². The third-order valence-corrected chi connectivity index (χ3v) is 6.14. The Labute approximate surface area is 182 Å². The van der Waals surface area contributed by atoms with Crippen LogP contribution in [0.2, 0.25) is 0 Å². The predicted molar refractivity (Wildman–Crippen MR) is 119 cm³/mol. The smallest absolute Gasteiger partial charge is 0.347 e. The number of nitrogens with zero attached hydrogens (tertiary/aromatic N) is 3. The third kappa shape index (κ3) is 3.73. The Morgan fingerprint density at radius 3 is 2.68 bits per heavy atom. The molecule has 1 aromatic carbocycles. The molecule has 0 saturated carbocycles. The largest absolute Gasteiger partial charge is 0.422 e. The van der Waals surface area contributed by atoms with Crippen molar-refractivity contribution in [3.63, 3.8) is 0 Å². The van der Waals surface area contributed by atoms with E-state index in [4.69, 9.17) is 4.74 Å². The molecule has 3 aromatic rings. The maximum absolute atomic E-state index is 15.0. The van der Waals surface area contributed by atoms with Crippen LogP contribution in [0.3, 0.4) is 0 Å². The average molecular weight is 424 g/mol. The molecule has 0 amide bonds. The van der Waals surface area contributed by atoms with E-state index >= 15 is 4.39 Å². The van der Waals surface area contributed by atoms with Crippen LogP contribution in [-0.4, -0.2) is 20.7 Å². The molecular formula is C25H30FN3O2. The lowest BCUT2D eigenvalue weighted by Crippen LogP contribution is -2.15. The topological polar surface area (TPSA) is 57.0 Å². The summed E-state index contributed by atoms with van der Waals surface area (Å²) in [5, 5.41) is 5.18. The van der Waals surface area contributed by atoms with Gasteiger partial charge in [0.05, 0.1) is 11.4 Å². The molecule has 1 aliphatic rings. The van der Waals surface area contributed by atoms with Gasteiger partial charge in [-0.2, -0.15) is 5.10 Å². The SMILES string of the molecule is CCCc1nn2c(c1C(=O)Oc1c(C)c(C)nc3c(F)cc(C(C)(C)C)cc13)CCC2. The zero-order valence-electron chi connectivity index (χ0n) is 19.2. The van der Waals surface area contributed by atoms with Crippen LogP contribution in [0.15, 0.2) is 12.1 Å². The second kappa shape index (κ2) is 7.74. The Bertz CT molecular complexity index is 1190. The zero-order chi connectivity index (χ0) is 22.5. The van der Waals surface area contributed by atoms with Crippen LogP contribution in [0.5, 0.6) is 5.75 Å². The Kier molecular flexibility index (Phi) is 5.36. The van der Waals surface area contributed by atoms with Crippen molar-refractivity contribution in [2.24, 2.45) is 0 Å². The fraction of sp³-hybridized carbons (Fsp3) is 0.480. The van der Waals surface area contributed by atoms with Crippen LogP contribution >= 0.6 is 0 Å². The second-order valence-electron chi connectivity index (χ2n) is 9.49. The van der Waals surface area contributed by atoms with Gasteiger partial charge in [0.15, 0.2) is 0 Å². The molecule has 0 radical (unpaired) electrons. The van der Waals surface area contributed by atoms with Gasteiger partial charge in [-0.3, -0.25) is 4.68 Å². The zero-order valence-corrected chi connectivity index (χ0v) is 19.2. The Morgan fingerprint density at radius 1 is 1.26 bits per heavy atom. The highest BCUT2D eigenvalue weighted by Gasteiger charge is 2.29. The number of pyridine rings is 1. The van der Waals surface area contributed by atoms with Crippen molar-refractivity contribution in [1.29, 1.82) is 0 Å². The predicted octanol–water partition coefficient (Wildman–Crippen LogP) is 5.60. The molecule has 0 fully saturated rings. The van der Waals surface area contributed by atoms with E-state index in [-0.39, 0.29) is 10.9 Å². The van der Waals surface area contributed by atoms with Gasteiger partial charge in [0.2, 0.25) is 0 Å². The fourth-order valence-electron chi connectivity index (χ4n) is 4.25.